The normalized spacial score (nSPS) is 43.3. The highest BCUT2D eigenvalue weighted by atomic mass is 16.7. The predicted octanol–water partition coefficient (Wildman–Crippen LogP) is 26.1. The summed E-state index contributed by atoms with van der Waals surface area (Å²) in [5, 5.41) is 98.0. The number of rotatable bonds is 37. The molecule has 0 aromatic carbocycles. The van der Waals surface area contributed by atoms with Crippen molar-refractivity contribution >= 4 is 47.6 Å². The fourth-order valence-corrected chi connectivity index (χ4v) is 40.4. The average molecular weight is 2080 g/mol. The summed E-state index contributed by atoms with van der Waals surface area (Å²) in [7, 11) is 0. The Labute approximate surface area is 893 Å². The van der Waals surface area contributed by atoms with Gasteiger partial charge in [-0.15, -0.1) is 5.06 Å². The quantitative estimate of drug-likeness (QED) is 0.0121. The van der Waals surface area contributed by atoms with E-state index in [-0.39, 0.29) is 144 Å². The first-order valence-corrected chi connectivity index (χ1v) is 61.8. The summed E-state index contributed by atoms with van der Waals surface area (Å²) in [6.45, 7) is 41.6. The molecule has 1 heterocycles. The molecule has 0 radical (unpaired) electrons. The Kier molecular flexibility index (Phi) is 39.2. The van der Waals surface area contributed by atoms with Gasteiger partial charge in [-0.2, -0.15) is 0 Å². The number of ether oxygens (including phenoxy) is 3. The molecular formula is C126H211NO21. The van der Waals surface area contributed by atoms with E-state index in [9.17, 15) is 74.1 Å². The van der Waals surface area contributed by atoms with E-state index in [1.165, 1.54) is 154 Å². The minimum atomic E-state index is -0.986. The fraction of sp³-hybridized carbons (Fsp3) is 0.937. The number of carboxylic acid groups (broad SMARTS) is 2. The van der Waals surface area contributed by atoms with E-state index in [4.69, 9.17) is 29.3 Å². The highest BCUT2D eigenvalue weighted by molar-refractivity contribution is 6.01. The number of hydrogen-bond acceptors (Lipinski definition) is 19. The monoisotopic (exact) mass is 2070 g/mol. The van der Waals surface area contributed by atoms with Crippen molar-refractivity contribution in [2.45, 2.75) is 569 Å². The lowest BCUT2D eigenvalue weighted by Gasteiger charge is -2.63. The standard InChI is InChI=1S/C35H55NO8.C32H54O5.C31H52O6.C28H50O2/c1-5-6-7-8-17-35(4,42)28-10-9-24-23-21-27(43-31(40)13-14-32(41)44-36-29(38)11-12-30(36)39)26-20-22(37)15-18-33(26,2)25(23)16-19-34(24,28)3;1-6-7-8-9-16-32(5,36)27-11-10-23-22-20-26(37-29(35)13-12-28(33)34)25-19-21(2)14-17-30(25,3)24(22)15-18-31(23,27)4;1-5-6-7-8-15-31(4,36)26-10-9-22-21-19-25(37-28(35)12-11-27(33)34)24-18-20(32)13-16-29(24,2)23(21)14-17-30(22,26)3;1-6-7-8-9-14-28(5,30)25-11-10-21-20-18-24(29)23-17-19(2)12-15-26(23,3)22(20)13-16-27(21,25)4/h22-28,37,42H,5-21H2,1-4H3;21-27,36H,6-20H2,1-5H3,(H,33,34);20-26,32,36H,5-19H2,1-4H3,(H,33,34);19-25,29-30H,6-18H2,1-5H3/t22-,23-,24-,25-,26+,27-,28-,33+,34-,35-;21-,22-,23-,24-,25+,26-,27-,30+,31-,32-;20-,21-,22-,23-,24+,25-,26-,29+,30-,31-;19-,20-,21-,22-,23+,24-,25-,26+,27-,28-/m0000/s1. The Balaban J connectivity index is 0.000000157. The highest BCUT2D eigenvalue weighted by Crippen LogP contribution is 2.76. The van der Waals surface area contributed by atoms with Crippen LogP contribution in [0, 0.1) is 174 Å². The number of carbonyl (C=O) groups is 8. The number of nitrogens with zero attached hydrogens (tertiary/aromatic N) is 1. The lowest BCUT2D eigenvalue weighted by Crippen LogP contribution is -2.59. The van der Waals surface area contributed by atoms with Crippen molar-refractivity contribution in [2.24, 2.45) is 174 Å². The number of aliphatic hydroxyl groups is 7. The Morgan fingerprint density at radius 1 is 0.297 bits per heavy atom. The Morgan fingerprint density at radius 3 is 0.845 bits per heavy atom. The average Bonchev–Trinajstić information content (AvgIpc) is 1.48. The third-order valence-electron chi connectivity index (χ3n) is 47.9. The van der Waals surface area contributed by atoms with Crippen LogP contribution in [0.4, 0.5) is 0 Å². The molecule has 1 aliphatic heterocycles. The van der Waals surface area contributed by atoms with Crippen LogP contribution in [0.2, 0.25) is 0 Å². The van der Waals surface area contributed by atoms with Crippen LogP contribution in [-0.2, 0) is 57.4 Å². The van der Waals surface area contributed by atoms with Crippen LogP contribution >= 0.6 is 0 Å². The van der Waals surface area contributed by atoms with Crippen molar-refractivity contribution in [3.8, 4) is 0 Å². The van der Waals surface area contributed by atoms with Gasteiger partial charge in [0.05, 0.1) is 79.2 Å². The first kappa shape index (κ1) is 119. The number of aliphatic carboxylic acids is 2. The van der Waals surface area contributed by atoms with E-state index in [0.717, 1.165) is 179 Å². The Morgan fingerprint density at radius 2 is 0.547 bits per heavy atom. The number of unbranched alkanes of at least 4 members (excludes halogenated alkanes) is 12. The van der Waals surface area contributed by atoms with E-state index >= 15 is 0 Å². The zero-order valence-electron chi connectivity index (χ0n) is 96.0. The van der Waals surface area contributed by atoms with Gasteiger partial charge >= 0.3 is 35.8 Å². The molecule has 0 bridgehead atoms. The summed E-state index contributed by atoms with van der Waals surface area (Å²) in [6, 6.07) is 0. The Hall–Kier alpha value is -4.32. The number of hydrogen-bond donors (Lipinski definition) is 9. The maximum Gasteiger partial charge on any atom is 0.333 e. The summed E-state index contributed by atoms with van der Waals surface area (Å²) in [4.78, 5) is 101. The highest BCUT2D eigenvalue weighted by Gasteiger charge is 2.71. The van der Waals surface area contributed by atoms with Crippen molar-refractivity contribution in [3.05, 3.63) is 0 Å². The molecule has 1 saturated heterocycles. The number of carbonyl (C=O) groups excluding carboxylic acids is 6. The molecule has 0 aromatic heterocycles. The van der Waals surface area contributed by atoms with E-state index in [2.05, 4.69) is 125 Å². The first-order valence-electron chi connectivity index (χ1n) is 61.8. The fourth-order valence-electron chi connectivity index (χ4n) is 40.4. The molecule has 22 heteroatoms. The number of fused-ring (bicyclic) bond motifs is 20. The van der Waals surface area contributed by atoms with Crippen LogP contribution in [0.15, 0.2) is 0 Å². The zero-order chi connectivity index (χ0) is 108. The van der Waals surface area contributed by atoms with Gasteiger partial charge in [0.15, 0.2) is 0 Å². The van der Waals surface area contributed by atoms with Gasteiger partial charge in [0.1, 0.15) is 18.3 Å². The van der Waals surface area contributed by atoms with Crippen LogP contribution in [0.3, 0.4) is 0 Å². The largest absolute Gasteiger partial charge is 0.481 e. The molecule has 16 aliphatic carbocycles. The van der Waals surface area contributed by atoms with Crippen LogP contribution in [0.1, 0.15) is 510 Å². The number of imide groups is 1. The molecule has 22 nitrogen and oxygen atoms in total. The molecule has 17 rings (SSSR count). The van der Waals surface area contributed by atoms with Crippen molar-refractivity contribution in [3.63, 3.8) is 0 Å². The summed E-state index contributed by atoms with van der Waals surface area (Å²) in [5.74, 6) is 5.41. The summed E-state index contributed by atoms with van der Waals surface area (Å²) in [6.07, 6.45) is 54.3. The molecule has 17 fully saturated rings. The number of aliphatic hydroxyl groups excluding tert-OH is 3. The van der Waals surface area contributed by atoms with Crippen molar-refractivity contribution < 1.29 is 103 Å². The van der Waals surface area contributed by atoms with Crippen LogP contribution in [-0.4, -0.2) is 158 Å². The lowest BCUT2D eigenvalue weighted by molar-refractivity contribution is -0.200. The molecule has 0 spiro atoms. The van der Waals surface area contributed by atoms with Gasteiger partial charge in [0.2, 0.25) is 0 Å². The molecule has 148 heavy (non-hydrogen) atoms. The third-order valence-corrected chi connectivity index (χ3v) is 47.9. The number of esters is 3. The van der Waals surface area contributed by atoms with E-state index in [1.54, 1.807) is 0 Å². The Bertz CT molecular complexity index is 4280. The topological polar surface area (TPSA) is 359 Å². The number of carboxylic acids is 2. The molecule has 17 aliphatic rings. The van der Waals surface area contributed by atoms with Gasteiger partial charge in [-0.3, -0.25) is 33.6 Å². The number of amides is 2. The SMILES string of the molecule is CCCCCC[C@](C)(O)[C@H]1CC[C@H]2[C@@H]3C[C@H](O)[C@H]4C[C@@H](C)CC[C@]4(C)[C@H]3CC[C@@]21C.CCCCCC[C@](C)(O)[C@H]1CC[C@H]2[C@@H]3C[C@H](OC(=O)CCC(=O)O)[C@H]4C[C@@H](C)CC[C@]4(C)[C@H]3CC[C@@]21C.CCCCCC[C@](C)(O)[C@H]1CC[C@H]2[C@@H]3C[C@H](OC(=O)CCC(=O)O)[C@H]4C[C@@H](O)CC[C@]4(C)[C@H]3CC[C@@]21C.CCCCCC[C@](C)(O)[C@H]1CC[C@H]2[C@@H]3C[C@H](OC(=O)CCC(=O)ON4C(=O)CCC4=O)[C@H]4C[C@@H](O)CC[C@]4(C)[C@H]3CC[C@@]21C. The molecular weight excluding hydrogens is 1860 g/mol. The maximum absolute atomic E-state index is 13.2. The predicted molar refractivity (Wildman–Crippen MR) is 576 cm³/mol. The zero-order valence-corrected chi connectivity index (χ0v) is 96.0. The van der Waals surface area contributed by atoms with Gasteiger partial charge in [-0.25, -0.2) is 4.79 Å². The smallest absolute Gasteiger partial charge is 0.333 e. The molecule has 0 unspecified atom stereocenters. The molecule has 9 N–H and O–H groups in total. The second-order valence-electron chi connectivity index (χ2n) is 56.9. The van der Waals surface area contributed by atoms with Crippen LogP contribution in [0.25, 0.3) is 0 Å². The van der Waals surface area contributed by atoms with E-state index in [0.29, 0.717) is 124 Å². The molecule has 16 saturated carbocycles. The van der Waals surface area contributed by atoms with Gasteiger partial charge in [-0.1, -0.05) is 213 Å². The van der Waals surface area contributed by atoms with Crippen molar-refractivity contribution in [2.75, 3.05) is 0 Å². The molecule has 2 amide bonds. The number of hydroxylamine groups is 2. The third kappa shape index (κ3) is 24.9. The first-order chi connectivity index (χ1) is 69.8. The molecule has 40 atom stereocenters. The minimum Gasteiger partial charge on any atom is -0.481 e. The summed E-state index contributed by atoms with van der Waals surface area (Å²) < 4.78 is 18.4. The summed E-state index contributed by atoms with van der Waals surface area (Å²) in [5.41, 5.74) is -1.47. The second kappa shape index (κ2) is 48.6. The van der Waals surface area contributed by atoms with Gasteiger partial charge in [0, 0.05) is 30.6 Å². The lowest BCUT2D eigenvalue weighted by atomic mass is 9.43. The van der Waals surface area contributed by atoms with E-state index < -0.39 is 70.2 Å². The van der Waals surface area contributed by atoms with Crippen LogP contribution < -0.4 is 0 Å². The van der Waals surface area contributed by atoms with Crippen LogP contribution in [0.5, 0.6) is 0 Å². The minimum absolute atomic E-state index is 0.0152. The van der Waals surface area contributed by atoms with E-state index in [1.807, 2.05) is 0 Å². The van der Waals surface area contributed by atoms with Crippen molar-refractivity contribution in [1.82, 2.24) is 5.06 Å². The molecule has 846 valence electrons. The maximum atomic E-state index is 13.2. The van der Waals surface area contributed by atoms with Gasteiger partial charge < -0.3 is 65.0 Å². The molecule has 0 aromatic rings. The van der Waals surface area contributed by atoms with Crippen molar-refractivity contribution in [1.29, 1.82) is 0 Å². The van der Waals surface area contributed by atoms with Gasteiger partial charge in [-0.05, 0) is 402 Å². The second-order valence-corrected chi connectivity index (χ2v) is 56.9. The van der Waals surface area contributed by atoms with Gasteiger partial charge in [0.25, 0.3) is 11.8 Å². The summed E-state index contributed by atoms with van der Waals surface area (Å²) >= 11 is 0.